The van der Waals surface area contributed by atoms with Gasteiger partial charge in [0.2, 0.25) is 5.88 Å². The number of rotatable bonds is 3. The summed E-state index contributed by atoms with van der Waals surface area (Å²) in [6, 6.07) is 0.530. The van der Waals surface area contributed by atoms with Gasteiger partial charge in [-0.15, -0.1) is 0 Å². The van der Waals surface area contributed by atoms with Crippen LogP contribution in [0.4, 0.5) is 5.82 Å². The average Bonchev–Trinajstić information content (AvgIpc) is 2.34. The maximum absolute atomic E-state index is 5.21. The lowest BCUT2D eigenvalue weighted by Gasteiger charge is -2.30. The maximum atomic E-state index is 5.21. The minimum atomic E-state index is 0.530. The lowest BCUT2D eigenvalue weighted by atomic mass is 9.86. The van der Waals surface area contributed by atoms with Crippen LogP contribution in [0.5, 0.6) is 5.88 Å². The first-order valence-electron chi connectivity index (χ1n) is 6.34. The van der Waals surface area contributed by atoms with Crippen LogP contribution in [0.2, 0.25) is 0 Å². The van der Waals surface area contributed by atoms with E-state index in [9.17, 15) is 0 Å². The molecule has 2 unspecified atom stereocenters. The van der Waals surface area contributed by atoms with E-state index in [2.05, 4.69) is 22.2 Å². The molecule has 0 radical (unpaired) electrons. The topological polar surface area (TPSA) is 47.0 Å². The summed E-state index contributed by atoms with van der Waals surface area (Å²) in [6.07, 6.45) is 6.75. The molecule has 4 heteroatoms. The molecule has 94 valence electrons. The first kappa shape index (κ1) is 12.1. The minimum Gasteiger partial charge on any atom is -0.481 e. The van der Waals surface area contributed by atoms with Crippen LogP contribution in [-0.4, -0.2) is 23.1 Å². The number of ether oxygens (including phenoxy) is 1. The predicted octanol–water partition coefficient (Wildman–Crippen LogP) is 2.78. The van der Waals surface area contributed by atoms with Crippen LogP contribution in [0.1, 0.15) is 38.2 Å². The Morgan fingerprint density at radius 2 is 2.06 bits per heavy atom. The molecule has 1 fully saturated rings. The Hall–Kier alpha value is -1.32. The number of aromatic nitrogens is 2. The Balaban J connectivity index is 2.12. The molecular weight excluding hydrogens is 214 g/mol. The van der Waals surface area contributed by atoms with Gasteiger partial charge in [0.25, 0.3) is 0 Å². The highest BCUT2D eigenvalue weighted by Gasteiger charge is 2.22. The molecule has 0 spiro atoms. The van der Waals surface area contributed by atoms with Crippen LogP contribution in [0.15, 0.2) is 6.33 Å². The Morgan fingerprint density at radius 3 is 2.76 bits per heavy atom. The molecule has 4 nitrogen and oxygen atoms in total. The summed E-state index contributed by atoms with van der Waals surface area (Å²) in [4.78, 5) is 8.41. The molecule has 0 aromatic carbocycles. The fourth-order valence-corrected chi connectivity index (χ4v) is 2.49. The monoisotopic (exact) mass is 235 g/mol. The maximum Gasteiger partial charge on any atom is 0.221 e. The lowest BCUT2D eigenvalue weighted by molar-refractivity contribution is 0.348. The van der Waals surface area contributed by atoms with Gasteiger partial charge in [0.1, 0.15) is 12.1 Å². The Labute approximate surface area is 103 Å². The van der Waals surface area contributed by atoms with Crippen molar-refractivity contribution in [1.82, 2.24) is 9.97 Å². The normalized spacial score (nSPS) is 24.4. The summed E-state index contributed by atoms with van der Waals surface area (Å²) in [5.41, 5.74) is 0.993. The van der Waals surface area contributed by atoms with Gasteiger partial charge in [-0.25, -0.2) is 9.97 Å². The summed E-state index contributed by atoms with van der Waals surface area (Å²) < 4.78 is 5.21. The van der Waals surface area contributed by atoms with Gasteiger partial charge in [0.15, 0.2) is 0 Å². The second-order valence-corrected chi connectivity index (χ2v) is 4.87. The van der Waals surface area contributed by atoms with E-state index in [0.29, 0.717) is 17.8 Å². The molecule has 1 N–H and O–H groups in total. The summed E-state index contributed by atoms with van der Waals surface area (Å²) in [7, 11) is 1.64. The van der Waals surface area contributed by atoms with Gasteiger partial charge in [0.05, 0.1) is 12.7 Å². The average molecular weight is 235 g/mol. The number of hydrogen-bond donors (Lipinski definition) is 1. The zero-order chi connectivity index (χ0) is 12.3. The standard InChI is InChI=1S/C13H21N3O/c1-9-6-4-5-7-11(9)16-12-10(2)13(17-3)15-8-14-12/h8-9,11H,4-7H2,1-3H3,(H,14,15,16). The van der Waals surface area contributed by atoms with E-state index in [0.717, 1.165) is 11.4 Å². The van der Waals surface area contributed by atoms with Crippen LogP contribution in [0.3, 0.4) is 0 Å². The first-order valence-corrected chi connectivity index (χ1v) is 6.34. The van der Waals surface area contributed by atoms with E-state index in [1.165, 1.54) is 25.7 Å². The molecule has 2 atom stereocenters. The quantitative estimate of drug-likeness (QED) is 0.875. The van der Waals surface area contributed by atoms with Crippen LogP contribution in [0.25, 0.3) is 0 Å². The van der Waals surface area contributed by atoms with Gasteiger partial charge < -0.3 is 10.1 Å². The van der Waals surface area contributed by atoms with E-state index in [4.69, 9.17) is 4.74 Å². The summed E-state index contributed by atoms with van der Waals surface area (Å²) in [5, 5.41) is 3.54. The van der Waals surface area contributed by atoms with Crippen molar-refractivity contribution in [2.75, 3.05) is 12.4 Å². The highest BCUT2D eigenvalue weighted by Crippen LogP contribution is 2.28. The van der Waals surface area contributed by atoms with Crippen molar-refractivity contribution in [2.24, 2.45) is 5.92 Å². The minimum absolute atomic E-state index is 0.530. The molecule has 0 bridgehead atoms. The summed E-state index contributed by atoms with van der Waals surface area (Å²) in [5.74, 6) is 2.28. The molecule has 0 amide bonds. The van der Waals surface area contributed by atoms with Crippen molar-refractivity contribution < 1.29 is 4.74 Å². The fourth-order valence-electron chi connectivity index (χ4n) is 2.49. The van der Waals surface area contributed by atoms with E-state index in [1.54, 1.807) is 13.4 Å². The van der Waals surface area contributed by atoms with Crippen molar-refractivity contribution in [3.8, 4) is 5.88 Å². The largest absolute Gasteiger partial charge is 0.481 e. The molecule has 2 rings (SSSR count). The number of hydrogen-bond acceptors (Lipinski definition) is 4. The van der Waals surface area contributed by atoms with Crippen LogP contribution in [0, 0.1) is 12.8 Å². The van der Waals surface area contributed by atoms with Gasteiger partial charge in [-0.2, -0.15) is 0 Å². The molecule has 1 aromatic rings. The van der Waals surface area contributed by atoms with E-state index in [1.807, 2.05) is 6.92 Å². The molecule has 1 aromatic heterocycles. The predicted molar refractivity (Wildman–Crippen MR) is 68.4 cm³/mol. The van der Waals surface area contributed by atoms with Gasteiger partial charge in [-0.05, 0) is 25.7 Å². The third-order valence-corrected chi connectivity index (χ3v) is 3.66. The molecule has 0 aliphatic heterocycles. The molecule has 1 aliphatic carbocycles. The number of nitrogens with one attached hydrogen (secondary N) is 1. The van der Waals surface area contributed by atoms with E-state index in [-0.39, 0.29) is 0 Å². The SMILES string of the molecule is COc1ncnc(NC2CCCCC2C)c1C. The number of methoxy groups -OCH3 is 1. The van der Waals surface area contributed by atoms with Crippen LogP contribution in [-0.2, 0) is 0 Å². The van der Waals surface area contributed by atoms with E-state index < -0.39 is 0 Å². The van der Waals surface area contributed by atoms with Crippen molar-refractivity contribution in [3.05, 3.63) is 11.9 Å². The third kappa shape index (κ3) is 2.68. The number of anilines is 1. The molecular formula is C13H21N3O. The van der Waals surface area contributed by atoms with Crippen molar-refractivity contribution in [2.45, 2.75) is 45.6 Å². The molecule has 17 heavy (non-hydrogen) atoms. The molecule has 1 aliphatic rings. The lowest BCUT2D eigenvalue weighted by Crippen LogP contribution is -2.31. The Bertz CT molecular complexity index is 381. The Kier molecular flexibility index (Phi) is 3.82. The molecule has 1 saturated carbocycles. The van der Waals surface area contributed by atoms with Crippen molar-refractivity contribution in [1.29, 1.82) is 0 Å². The third-order valence-electron chi connectivity index (χ3n) is 3.66. The van der Waals surface area contributed by atoms with Gasteiger partial charge in [0, 0.05) is 6.04 Å². The highest BCUT2D eigenvalue weighted by molar-refractivity contribution is 5.48. The fraction of sp³-hybridized carbons (Fsp3) is 0.692. The van der Waals surface area contributed by atoms with Crippen molar-refractivity contribution >= 4 is 5.82 Å². The summed E-state index contributed by atoms with van der Waals surface area (Å²) >= 11 is 0. The Morgan fingerprint density at radius 1 is 1.29 bits per heavy atom. The van der Waals surface area contributed by atoms with Gasteiger partial charge in [-0.3, -0.25) is 0 Å². The summed E-state index contributed by atoms with van der Waals surface area (Å²) in [6.45, 7) is 4.30. The molecule has 1 heterocycles. The van der Waals surface area contributed by atoms with Crippen molar-refractivity contribution in [3.63, 3.8) is 0 Å². The zero-order valence-electron chi connectivity index (χ0n) is 10.9. The smallest absolute Gasteiger partial charge is 0.221 e. The molecule has 0 saturated heterocycles. The second kappa shape index (κ2) is 5.34. The van der Waals surface area contributed by atoms with Crippen LogP contribution < -0.4 is 10.1 Å². The van der Waals surface area contributed by atoms with E-state index >= 15 is 0 Å². The first-order chi connectivity index (χ1) is 8.22. The van der Waals surface area contributed by atoms with Gasteiger partial charge in [-0.1, -0.05) is 19.8 Å². The second-order valence-electron chi connectivity index (χ2n) is 4.87. The number of nitrogens with zero attached hydrogens (tertiary/aromatic N) is 2. The van der Waals surface area contributed by atoms with Crippen LogP contribution >= 0.6 is 0 Å². The highest BCUT2D eigenvalue weighted by atomic mass is 16.5. The van der Waals surface area contributed by atoms with Gasteiger partial charge >= 0.3 is 0 Å². The zero-order valence-corrected chi connectivity index (χ0v) is 10.9.